The van der Waals surface area contributed by atoms with Gasteiger partial charge in [0.05, 0.1) is 0 Å². The standard InChI is InChI=1S/C12H26N2O/c1-11(2,3)8-10(15)14-9-12(4,5)6-7-13/h6-9,13H2,1-5H3,(H,14,15). The molecule has 0 saturated heterocycles. The van der Waals surface area contributed by atoms with Crippen LogP contribution in [-0.4, -0.2) is 19.0 Å². The summed E-state index contributed by atoms with van der Waals surface area (Å²) in [7, 11) is 0. The Kier molecular flexibility index (Phi) is 5.29. The van der Waals surface area contributed by atoms with E-state index in [4.69, 9.17) is 5.73 Å². The van der Waals surface area contributed by atoms with E-state index in [1.807, 2.05) is 0 Å². The molecule has 0 unspecified atom stereocenters. The summed E-state index contributed by atoms with van der Waals surface area (Å²) in [5.41, 5.74) is 5.67. The first kappa shape index (κ1) is 14.4. The minimum Gasteiger partial charge on any atom is -0.356 e. The lowest BCUT2D eigenvalue weighted by Gasteiger charge is -2.25. The van der Waals surface area contributed by atoms with E-state index in [2.05, 4.69) is 39.9 Å². The Hall–Kier alpha value is -0.570. The third-order valence-electron chi connectivity index (χ3n) is 2.28. The number of nitrogens with one attached hydrogen (secondary N) is 1. The van der Waals surface area contributed by atoms with Gasteiger partial charge in [-0.15, -0.1) is 0 Å². The molecule has 90 valence electrons. The van der Waals surface area contributed by atoms with Gasteiger partial charge in [-0.25, -0.2) is 0 Å². The summed E-state index contributed by atoms with van der Waals surface area (Å²) >= 11 is 0. The maximum Gasteiger partial charge on any atom is 0.220 e. The molecule has 0 aliphatic heterocycles. The maximum absolute atomic E-state index is 11.6. The van der Waals surface area contributed by atoms with Crippen LogP contribution < -0.4 is 11.1 Å². The highest BCUT2D eigenvalue weighted by molar-refractivity contribution is 5.76. The van der Waals surface area contributed by atoms with Gasteiger partial charge in [0.1, 0.15) is 0 Å². The van der Waals surface area contributed by atoms with E-state index in [0.717, 1.165) is 6.42 Å². The summed E-state index contributed by atoms with van der Waals surface area (Å²) in [6, 6.07) is 0. The molecule has 3 nitrogen and oxygen atoms in total. The fourth-order valence-corrected chi connectivity index (χ4v) is 1.36. The summed E-state index contributed by atoms with van der Waals surface area (Å²) in [5.74, 6) is 0.132. The number of carbonyl (C=O) groups is 1. The average molecular weight is 214 g/mol. The van der Waals surface area contributed by atoms with Crippen LogP contribution >= 0.6 is 0 Å². The second-order valence-corrected chi connectivity index (χ2v) is 6.22. The Labute approximate surface area is 93.8 Å². The van der Waals surface area contributed by atoms with Crippen molar-refractivity contribution in [2.24, 2.45) is 16.6 Å². The zero-order valence-corrected chi connectivity index (χ0v) is 10.8. The lowest BCUT2D eigenvalue weighted by molar-refractivity contribution is -0.123. The van der Waals surface area contributed by atoms with E-state index in [1.165, 1.54) is 0 Å². The SMILES string of the molecule is CC(C)(C)CC(=O)NCC(C)(C)CCN. The largest absolute Gasteiger partial charge is 0.356 e. The van der Waals surface area contributed by atoms with Crippen LogP contribution in [0.5, 0.6) is 0 Å². The molecule has 15 heavy (non-hydrogen) atoms. The summed E-state index contributed by atoms with van der Waals surface area (Å²) in [4.78, 5) is 11.6. The fraction of sp³-hybridized carbons (Fsp3) is 0.917. The molecule has 3 N–H and O–H groups in total. The monoisotopic (exact) mass is 214 g/mol. The second kappa shape index (κ2) is 5.50. The van der Waals surface area contributed by atoms with Gasteiger partial charge in [0, 0.05) is 13.0 Å². The van der Waals surface area contributed by atoms with Crippen LogP contribution in [0.2, 0.25) is 0 Å². The maximum atomic E-state index is 11.6. The van der Waals surface area contributed by atoms with E-state index in [9.17, 15) is 4.79 Å². The Bertz CT molecular complexity index is 204. The normalized spacial score (nSPS) is 12.7. The Morgan fingerprint density at radius 2 is 1.73 bits per heavy atom. The number of amides is 1. The van der Waals surface area contributed by atoms with E-state index >= 15 is 0 Å². The molecule has 0 atom stereocenters. The summed E-state index contributed by atoms with van der Waals surface area (Å²) < 4.78 is 0. The Morgan fingerprint density at radius 1 is 1.20 bits per heavy atom. The molecule has 0 bridgehead atoms. The molecule has 0 spiro atoms. The average Bonchev–Trinajstić information content (AvgIpc) is 1.98. The molecule has 0 saturated carbocycles. The molecule has 0 aliphatic rings. The highest BCUT2D eigenvalue weighted by Crippen LogP contribution is 2.20. The predicted octanol–water partition coefficient (Wildman–Crippen LogP) is 1.91. The molecule has 3 heteroatoms. The number of nitrogens with two attached hydrogens (primary N) is 1. The Morgan fingerprint density at radius 3 is 2.13 bits per heavy atom. The predicted molar refractivity (Wildman–Crippen MR) is 64.5 cm³/mol. The van der Waals surface area contributed by atoms with E-state index in [-0.39, 0.29) is 16.7 Å². The van der Waals surface area contributed by atoms with Gasteiger partial charge in [-0.2, -0.15) is 0 Å². The molecule has 0 radical (unpaired) electrons. The molecule has 0 aromatic carbocycles. The van der Waals surface area contributed by atoms with Gasteiger partial charge in [0.25, 0.3) is 0 Å². The Balaban J connectivity index is 3.90. The number of hydrogen-bond acceptors (Lipinski definition) is 2. The van der Waals surface area contributed by atoms with Crippen LogP contribution in [0, 0.1) is 10.8 Å². The van der Waals surface area contributed by atoms with Crippen molar-refractivity contribution >= 4 is 5.91 Å². The number of carbonyl (C=O) groups excluding carboxylic acids is 1. The quantitative estimate of drug-likeness (QED) is 0.734. The van der Waals surface area contributed by atoms with Gasteiger partial charge in [0.2, 0.25) is 5.91 Å². The minimum atomic E-state index is 0.0576. The first-order valence-corrected chi connectivity index (χ1v) is 5.63. The van der Waals surface area contributed by atoms with E-state index < -0.39 is 0 Å². The fourth-order valence-electron chi connectivity index (χ4n) is 1.36. The van der Waals surface area contributed by atoms with Gasteiger partial charge in [-0.1, -0.05) is 34.6 Å². The third kappa shape index (κ3) is 8.43. The van der Waals surface area contributed by atoms with Crippen molar-refractivity contribution in [3.8, 4) is 0 Å². The molecule has 0 fully saturated rings. The number of rotatable bonds is 5. The second-order valence-electron chi connectivity index (χ2n) is 6.22. The molecule has 0 aromatic heterocycles. The van der Waals surface area contributed by atoms with Gasteiger partial charge in [-0.05, 0) is 23.8 Å². The molecule has 0 aromatic rings. The lowest BCUT2D eigenvalue weighted by Crippen LogP contribution is -2.36. The molecule has 0 rings (SSSR count). The van der Waals surface area contributed by atoms with Crippen LogP contribution in [0.3, 0.4) is 0 Å². The van der Waals surface area contributed by atoms with Crippen LogP contribution in [0.25, 0.3) is 0 Å². The van der Waals surface area contributed by atoms with Crippen LogP contribution in [0.1, 0.15) is 47.5 Å². The smallest absolute Gasteiger partial charge is 0.220 e. The van der Waals surface area contributed by atoms with Crippen molar-refractivity contribution in [3.05, 3.63) is 0 Å². The highest BCUT2D eigenvalue weighted by atomic mass is 16.1. The lowest BCUT2D eigenvalue weighted by atomic mass is 9.88. The van der Waals surface area contributed by atoms with Crippen LogP contribution in [-0.2, 0) is 4.79 Å². The zero-order valence-electron chi connectivity index (χ0n) is 10.8. The zero-order chi connectivity index (χ0) is 12.1. The first-order valence-electron chi connectivity index (χ1n) is 5.63. The van der Waals surface area contributed by atoms with Gasteiger partial charge in [0.15, 0.2) is 0 Å². The van der Waals surface area contributed by atoms with Crippen molar-refractivity contribution in [3.63, 3.8) is 0 Å². The molecular weight excluding hydrogens is 188 g/mol. The summed E-state index contributed by atoms with van der Waals surface area (Å²) in [5, 5.41) is 2.97. The molecule has 0 aliphatic carbocycles. The van der Waals surface area contributed by atoms with Crippen molar-refractivity contribution < 1.29 is 4.79 Å². The molecule has 1 amide bonds. The topological polar surface area (TPSA) is 55.1 Å². The first-order chi connectivity index (χ1) is 6.66. The van der Waals surface area contributed by atoms with Crippen LogP contribution in [0.4, 0.5) is 0 Å². The third-order valence-corrected chi connectivity index (χ3v) is 2.28. The van der Waals surface area contributed by atoms with Gasteiger partial charge >= 0.3 is 0 Å². The van der Waals surface area contributed by atoms with Crippen molar-refractivity contribution in [2.45, 2.75) is 47.5 Å². The highest BCUT2D eigenvalue weighted by Gasteiger charge is 2.20. The summed E-state index contributed by atoms with van der Waals surface area (Å²) in [6.45, 7) is 11.8. The van der Waals surface area contributed by atoms with Crippen molar-refractivity contribution in [2.75, 3.05) is 13.1 Å². The van der Waals surface area contributed by atoms with E-state index in [0.29, 0.717) is 19.5 Å². The number of hydrogen-bond donors (Lipinski definition) is 2. The van der Waals surface area contributed by atoms with E-state index in [1.54, 1.807) is 0 Å². The van der Waals surface area contributed by atoms with Gasteiger partial charge in [-0.3, -0.25) is 4.79 Å². The molecular formula is C12H26N2O. The van der Waals surface area contributed by atoms with Crippen molar-refractivity contribution in [1.82, 2.24) is 5.32 Å². The summed E-state index contributed by atoms with van der Waals surface area (Å²) in [6.07, 6.45) is 1.51. The minimum absolute atomic E-state index is 0.0576. The van der Waals surface area contributed by atoms with Crippen molar-refractivity contribution in [1.29, 1.82) is 0 Å². The van der Waals surface area contributed by atoms with Gasteiger partial charge < -0.3 is 11.1 Å². The van der Waals surface area contributed by atoms with Crippen LogP contribution in [0.15, 0.2) is 0 Å². The molecule has 0 heterocycles.